The molecule has 0 aliphatic heterocycles. The summed E-state index contributed by atoms with van der Waals surface area (Å²) in [7, 11) is -4.61. The van der Waals surface area contributed by atoms with Gasteiger partial charge >= 0.3 is 9.05 Å². The fraction of sp³-hybridized carbons (Fsp3) is 0.400. The summed E-state index contributed by atoms with van der Waals surface area (Å²) in [6, 6.07) is -0.225. The summed E-state index contributed by atoms with van der Waals surface area (Å²) >= 11 is 0. The van der Waals surface area contributed by atoms with E-state index in [1.165, 1.54) is 0 Å². The predicted octanol–water partition coefficient (Wildman–Crippen LogP) is -2.91. The first-order chi connectivity index (χ1) is 5.27. The third-order valence-electron chi connectivity index (χ3n) is 1.19. The van der Waals surface area contributed by atoms with Crippen LogP contribution in [0.25, 0.3) is 0 Å². The molecule has 1 fully saturated rings. The Kier molecular flexibility index (Phi) is 3.71. The van der Waals surface area contributed by atoms with Gasteiger partial charge in [0.15, 0.2) is 5.78 Å². The van der Waals surface area contributed by atoms with E-state index in [0.29, 0.717) is 0 Å². The third kappa shape index (κ3) is 5.13. The van der Waals surface area contributed by atoms with E-state index in [9.17, 15) is 4.79 Å². The third-order valence-corrected chi connectivity index (χ3v) is 1.19. The van der Waals surface area contributed by atoms with Gasteiger partial charge in [-0.1, -0.05) is 6.08 Å². The number of carbonyl (C=O) groups is 1. The van der Waals surface area contributed by atoms with E-state index in [1.54, 1.807) is 6.08 Å². The summed E-state index contributed by atoms with van der Waals surface area (Å²) < 4.78 is 0. The minimum Gasteiger partial charge on any atom is -0.368 e. The molecular formula is C5H11NO5Si. The minimum absolute atomic E-state index is 0.0278. The molecule has 0 heterocycles. The second-order valence-electron chi connectivity index (χ2n) is 2.29. The zero-order valence-electron chi connectivity index (χ0n) is 6.21. The van der Waals surface area contributed by atoms with E-state index in [0.717, 1.165) is 0 Å². The number of hydrogen-bond acceptors (Lipinski definition) is 6. The Labute approximate surface area is 70.1 Å². The molecule has 0 aromatic heterocycles. The van der Waals surface area contributed by atoms with Crippen LogP contribution in [-0.2, 0) is 4.79 Å². The first-order valence-corrected chi connectivity index (χ1v) is 4.87. The molecule has 2 atom stereocenters. The first kappa shape index (κ1) is 11.4. The number of ketones is 1. The van der Waals surface area contributed by atoms with Crippen LogP contribution in [0.2, 0.25) is 0 Å². The van der Waals surface area contributed by atoms with Crippen molar-refractivity contribution in [2.45, 2.75) is 6.04 Å². The molecule has 0 bridgehead atoms. The van der Waals surface area contributed by atoms with Crippen LogP contribution >= 0.6 is 0 Å². The van der Waals surface area contributed by atoms with Gasteiger partial charge in [0.05, 0.1) is 12.0 Å². The van der Waals surface area contributed by atoms with Gasteiger partial charge in [-0.25, -0.2) is 0 Å². The molecule has 0 amide bonds. The van der Waals surface area contributed by atoms with Crippen LogP contribution in [0.4, 0.5) is 0 Å². The maximum absolute atomic E-state index is 10.3. The maximum Gasteiger partial charge on any atom is 0.668 e. The van der Waals surface area contributed by atoms with Crippen LogP contribution in [0.1, 0.15) is 0 Å². The van der Waals surface area contributed by atoms with E-state index in [2.05, 4.69) is 6.58 Å². The van der Waals surface area contributed by atoms with Crippen molar-refractivity contribution in [3.63, 3.8) is 0 Å². The maximum atomic E-state index is 10.3. The van der Waals surface area contributed by atoms with Gasteiger partial charge in [-0.05, 0) is 0 Å². The fourth-order valence-electron chi connectivity index (χ4n) is 0.542. The topological polar surface area (TPSA) is 124 Å². The van der Waals surface area contributed by atoms with E-state index in [4.69, 9.17) is 24.9 Å². The summed E-state index contributed by atoms with van der Waals surface area (Å²) in [5.74, 6) is 0.0926. The van der Waals surface area contributed by atoms with E-state index >= 15 is 0 Å². The smallest absolute Gasteiger partial charge is 0.368 e. The number of Topliss-reactive ketones (excluding diaryl/α,β-unsaturated/α-hetero) is 1. The lowest BCUT2D eigenvalue weighted by Gasteiger charge is -1.91. The Morgan fingerprint density at radius 2 is 1.67 bits per heavy atom. The van der Waals surface area contributed by atoms with Crippen molar-refractivity contribution >= 4 is 14.8 Å². The molecule has 70 valence electrons. The van der Waals surface area contributed by atoms with Crippen molar-refractivity contribution in [2.24, 2.45) is 11.7 Å². The number of nitrogens with two attached hydrogens (primary N) is 1. The summed E-state index contributed by atoms with van der Waals surface area (Å²) in [6.07, 6.45) is 1.59. The molecule has 1 rings (SSSR count). The fourth-order valence-corrected chi connectivity index (χ4v) is 0.542. The van der Waals surface area contributed by atoms with Gasteiger partial charge in [-0.3, -0.25) is 4.79 Å². The number of rotatable bonds is 1. The lowest BCUT2D eigenvalue weighted by Crippen LogP contribution is -2.33. The van der Waals surface area contributed by atoms with Gasteiger partial charge in [0.1, 0.15) is 0 Å². The highest BCUT2D eigenvalue weighted by atomic mass is 28.4. The zero-order valence-corrected chi connectivity index (χ0v) is 7.21. The van der Waals surface area contributed by atoms with Gasteiger partial charge in [0, 0.05) is 0 Å². The summed E-state index contributed by atoms with van der Waals surface area (Å²) in [5.41, 5.74) is 5.20. The largest absolute Gasteiger partial charge is 0.668 e. The van der Waals surface area contributed by atoms with E-state index in [-0.39, 0.29) is 17.7 Å². The molecule has 1 saturated carbocycles. The second kappa shape index (κ2) is 3.89. The Morgan fingerprint density at radius 3 is 1.67 bits per heavy atom. The average molecular weight is 193 g/mol. The molecule has 0 radical (unpaired) electrons. The molecule has 7 heteroatoms. The van der Waals surface area contributed by atoms with Crippen LogP contribution in [0, 0.1) is 5.92 Å². The van der Waals surface area contributed by atoms with Crippen LogP contribution < -0.4 is 5.73 Å². The molecule has 6 nitrogen and oxygen atoms in total. The Balaban J connectivity index is 0.000000217. The average Bonchev–Trinajstić information content (AvgIpc) is 2.37. The molecule has 2 unspecified atom stereocenters. The standard InChI is InChI=1S/C5H7NO.H4O4Si/c1-2-3-4(6)5(3)7;1-5(2,3)4/h2-4H,1,6H2;1-4H. The zero-order chi connectivity index (χ0) is 9.94. The number of hydrogen-bond donors (Lipinski definition) is 5. The second-order valence-corrected chi connectivity index (χ2v) is 3.49. The molecule has 6 N–H and O–H groups in total. The molecular weight excluding hydrogens is 182 g/mol. The van der Waals surface area contributed by atoms with Crippen molar-refractivity contribution in [1.82, 2.24) is 0 Å². The Bertz CT molecular complexity index is 183. The van der Waals surface area contributed by atoms with Gasteiger partial charge in [-0.2, -0.15) is 0 Å². The highest BCUT2D eigenvalue weighted by Gasteiger charge is 2.43. The quantitative estimate of drug-likeness (QED) is 0.225. The molecule has 0 spiro atoms. The van der Waals surface area contributed by atoms with Crippen LogP contribution in [0.15, 0.2) is 12.7 Å². The van der Waals surface area contributed by atoms with Gasteiger partial charge in [0.25, 0.3) is 0 Å². The normalized spacial score (nSPS) is 27.2. The first-order valence-electron chi connectivity index (χ1n) is 3.08. The van der Waals surface area contributed by atoms with Gasteiger partial charge in [0.2, 0.25) is 0 Å². The highest BCUT2D eigenvalue weighted by Crippen LogP contribution is 2.22. The Hall–Kier alpha value is -0.573. The molecule has 12 heavy (non-hydrogen) atoms. The monoisotopic (exact) mass is 193 g/mol. The van der Waals surface area contributed by atoms with Gasteiger partial charge in [-0.15, -0.1) is 6.58 Å². The minimum atomic E-state index is -4.61. The summed E-state index contributed by atoms with van der Waals surface area (Å²) in [5, 5.41) is 0. The highest BCUT2D eigenvalue weighted by molar-refractivity contribution is 6.46. The van der Waals surface area contributed by atoms with Crippen molar-refractivity contribution < 1.29 is 24.0 Å². The molecule has 1 aliphatic carbocycles. The molecule has 0 aromatic rings. The van der Waals surface area contributed by atoms with Crippen LogP contribution in [0.5, 0.6) is 0 Å². The molecule has 0 saturated heterocycles. The lowest BCUT2D eigenvalue weighted by molar-refractivity contribution is -0.111. The van der Waals surface area contributed by atoms with Crippen LogP contribution in [-0.4, -0.2) is 40.1 Å². The van der Waals surface area contributed by atoms with Crippen molar-refractivity contribution in [3.8, 4) is 0 Å². The van der Waals surface area contributed by atoms with E-state index in [1.807, 2.05) is 0 Å². The van der Waals surface area contributed by atoms with Crippen molar-refractivity contribution in [1.29, 1.82) is 0 Å². The molecule has 1 aliphatic rings. The Morgan fingerprint density at radius 1 is 1.42 bits per heavy atom. The van der Waals surface area contributed by atoms with Crippen LogP contribution in [0.3, 0.4) is 0 Å². The SMILES string of the molecule is C=CC1C(=O)C1N.O[Si](O)(O)O. The lowest BCUT2D eigenvalue weighted by atomic mass is 10.4. The van der Waals surface area contributed by atoms with Crippen molar-refractivity contribution in [3.05, 3.63) is 12.7 Å². The van der Waals surface area contributed by atoms with E-state index < -0.39 is 9.05 Å². The predicted molar refractivity (Wildman–Crippen MR) is 41.3 cm³/mol. The van der Waals surface area contributed by atoms with Gasteiger partial charge < -0.3 is 24.9 Å². The summed E-state index contributed by atoms with van der Waals surface area (Å²) in [4.78, 5) is 39.6. The number of carbonyl (C=O) groups excluding carboxylic acids is 1. The van der Waals surface area contributed by atoms with Crippen molar-refractivity contribution in [2.75, 3.05) is 0 Å². The summed E-state index contributed by atoms with van der Waals surface area (Å²) in [6.45, 7) is 3.42. The molecule has 0 aromatic carbocycles.